The zero-order chi connectivity index (χ0) is 29.7. The predicted molar refractivity (Wildman–Crippen MR) is 148 cm³/mol. The Morgan fingerprint density at radius 2 is 2.00 bits per heavy atom. The van der Waals surface area contributed by atoms with Gasteiger partial charge >= 0.3 is 12.6 Å². The van der Waals surface area contributed by atoms with E-state index in [1.807, 2.05) is 18.9 Å². The molecule has 1 aliphatic rings. The molecule has 0 radical (unpaired) electrons. The van der Waals surface area contributed by atoms with E-state index >= 15 is 0 Å². The van der Waals surface area contributed by atoms with Gasteiger partial charge in [0.1, 0.15) is 5.82 Å². The number of carbonyl (C=O) groups is 3. The second kappa shape index (κ2) is 12.7. The van der Waals surface area contributed by atoms with Crippen LogP contribution >= 0.6 is 0 Å². The first-order valence-corrected chi connectivity index (χ1v) is 12.6. The Balaban J connectivity index is 1.49. The van der Waals surface area contributed by atoms with E-state index in [2.05, 4.69) is 25.4 Å². The highest BCUT2D eigenvalue weighted by Crippen LogP contribution is 2.30. The number of halogens is 2. The number of hydrazine groups is 1. The van der Waals surface area contributed by atoms with Gasteiger partial charge < -0.3 is 15.1 Å². The summed E-state index contributed by atoms with van der Waals surface area (Å²) < 4.78 is 30.2. The third kappa shape index (κ3) is 6.39. The Hall–Kier alpha value is -4.69. The average Bonchev–Trinajstić information content (AvgIpc) is 3.24. The Morgan fingerprint density at radius 1 is 1.22 bits per heavy atom. The quantitative estimate of drug-likeness (QED) is 0.339. The summed E-state index contributed by atoms with van der Waals surface area (Å²) in [5.41, 5.74) is 6.04. The monoisotopic (exact) mass is 568 g/mol. The fourth-order valence-corrected chi connectivity index (χ4v) is 4.43. The summed E-state index contributed by atoms with van der Waals surface area (Å²) in [5, 5.41) is 3.63. The normalized spacial score (nSPS) is 14.9. The molecule has 41 heavy (non-hydrogen) atoms. The van der Waals surface area contributed by atoms with E-state index in [1.165, 1.54) is 18.1 Å². The summed E-state index contributed by atoms with van der Waals surface area (Å²) in [6.45, 7) is -0.411. The Kier molecular flexibility index (Phi) is 9.04. The summed E-state index contributed by atoms with van der Waals surface area (Å²) in [6, 6.07) is 11.3. The van der Waals surface area contributed by atoms with Crippen LogP contribution < -0.4 is 25.4 Å². The summed E-state index contributed by atoms with van der Waals surface area (Å²) in [7, 11) is 4.80. The third-order valence-corrected chi connectivity index (χ3v) is 6.57. The third-order valence-electron chi connectivity index (χ3n) is 6.57. The molecule has 3 aromatic rings. The minimum Gasteiger partial charge on any atom is -0.358 e. The second-order valence-corrected chi connectivity index (χ2v) is 9.15. The molecule has 0 aliphatic carbocycles. The van der Waals surface area contributed by atoms with Crippen LogP contribution in [0.4, 0.5) is 30.8 Å². The van der Waals surface area contributed by atoms with Crippen LogP contribution in [0.2, 0.25) is 0 Å². The zero-order valence-corrected chi connectivity index (χ0v) is 22.9. The summed E-state index contributed by atoms with van der Waals surface area (Å²) in [4.78, 5) is 49.8. The first-order valence-electron chi connectivity index (χ1n) is 12.6. The van der Waals surface area contributed by atoms with Crippen molar-refractivity contribution in [2.24, 2.45) is 0 Å². The predicted octanol–water partition coefficient (Wildman–Crippen LogP) is 2.81. The number of urea groups is 1. The largest absolute Gasteiger partial charge is 0.358 e. The van der Waals surface area contributed by atoms with E-state index in [1.54, 1.807) is 55.7 Å². The van der Waals surface area contributed by atoms with Crippen LogP contribution in [0.5, 0.6) is 0 Å². The molecule has 1 aromatic carbocycles. The van der Waals surface area contributed by atoms with E-state index in [0.717, 1.165) is 21.0 Å². The fourth-order valence-electron chi connectivity index (χ4n) is 4.43. The van der Waals surface area contributed by atoms with E-state index < -0.39 is 19.0 Å². The molecule has 4 rings (SSSR count). The molecule has 1 saturated heterocycles. The lowest BCUT2D eigenvalue weighted by Crippen LogP contribution is -2.41. The topological polar surface area (TPSA) is 123 Å². The lowest BCUT2D eigenvalue weighted by atomic mass is 10.1. The van der Waals surface area contributed by atoms with Crippen molar-refractivity contribution in [2.75, 3.05) is 48.9 Å². The van der Waals surface area contributed by atoms with Crippen molar-refractivity contribution in [3.63, 3.8) is 0 Å². The fraction of sp³-hybridized carbons (Fsp3) is 0.296. The molecule has 3 heterocycles. The van der Waals surface area contributed by atoms with Crippen LogP contribution in [0.15, 0.2) is 54.9 Å². The minimum absolute atomic E-state index is 0.245. The number of amides is 4. The van der Waals surface area contributed by atoms with Gasteiger partial charge in [-0.1, -0.05) is 6.07 Å². The number of nitrogens with one attached hydrogen (secondary N) is 2. The zero-order valence-electron chi connectivity index (χ0n) is 22.9. The minimum atomic E-state index is -3.08. The lowest BCUT2D eigenvalue weighted by molar-refractivity contribution is -0.170. The molecule has 216 valence electrons. The Bertz CT molecular complexity index is 1410. The second-order valence-electron chi connectivity index (χ2n) is 9.15. The van der Waals surface area contributed by atoms with Gasteiger partial charge in [0.05, 0.1) is 17.6 Å². The van der Waals surface area contributed by atoms with Gasteiger partial charge in [0.2, 0.25) is 12.8 Å². The molecule has 4 amide bonds. The number of hydrogen-bond donors (Lipinski definition) is 2. The van der Waals surface area contributed by atoms with Crippen molar-refractivity contribution in [3.05, 3.63) is 66.0 Å². The number of ether oxygens (including phenoxy) is 1. The highest BCUT2D eigenvalue weighted by Gasteiger charge is 2.38. The number of carbonyl (C=O) groups excluding carboxylic acids is 3. The van der Waals surface area contributed by atoms with Crippen LogP contribution in [0.25, 0.3) is 11.3 Å². The number of aromatic nitrogens is 2. The van der Waals surface area contributed by atoms with Gasteiger partial charge in [-0.2, -0.15) is 14.2 Å². The van der Waals surface area contributed by atoms with Gasteiger partial charge in [0.25, 0.3) is 5.91 Å². The van der Waals surface area contributed by atoms with Crippen LogP contribution in [0, 0.1) is 6.92 Å². The van der Waals surface area contributed by atoms with Gasteiger partial charge in [-0.15, -0.1) is 0 Å². The molecule has 2 N–H and O–H groups in total. The molecule has 14 heteroatoms. The smallest absolute Gasteiger partial charge is 0.348 e. The standard InChI is InChI=1S/C27H30F2N8O4/c1-17-21(22-9-8-20(15-32-22)37-26(41-25(28)29)33-35(4)27(37)40)10-11-31-23(17)34(3)12-13-36(16-38)19-7-5-6-18(14-19)24(39)30-2/h5-11,14-16,25-26,33H,12-13H2,1-4H3,(H,30,39). The summed E-state index contributed by atoms with van der Waals surface area (Å²) >= 11 is 0. The van der Waals surface area contributed by atoms with Crippen molar-refractivity contribution >= 4 is 35.5 Å². The van der Waals surface area contributed by atoms with Gasteiger partial charge in [-0.25, -0.2) is 14.7 Å². The van der Waals surface area contributed by atoms with E-state index in [4.69, 9.17) is 0 Å². The lowest BCUT2D eigenvalue weighted by Gasteiger charge is -2.25. The van der Waals surface area contributed by atoms with Gasteiger partial charge in [-0.05, 0) is 43.3 Å². The van der Waals surface area contributed by atoms with Gasteiger partial charge in [0.15, 0.2) is 0 Å². The number of hydrogen-bond acceptors (Lipinski definition) is 8. The maximum Gasteiger partial charge on any atom is 0.348 e. The molecule has 0 bridgehead atoms. The molecule has 0 saturated carbocycles. The van der Waals surface area contributed by atoms with Crippen molar-refractivity contribution < 1.29 is 27.9 Å². The van der Waals surface area contributed by atoms with Crippen LogP contribution in [0.3, 0.4) is 0 Å². The molecule has 1 fully saturated rings. The first-order chi connectivity index (χ1) is 19.6. The molecule has 1 atom stereocenters. The van der Waals surface area contributed by atoms with Crippen molar-refractivity contribution in [2.45, 2.75) is 19.9 Å². The van der Waals surface area contributed by atoms with Gasteiger partial charge in [-0.3, -0.25) is 24.3 Å². The number of likely N-dealkylation sites (N-methyl/N-ethyl adjacent to an activating group) is 1. The SMILES string of the molecule is CNC(=O)c1cccc(N(C=O)CCN(C)c2nccc(-c3ccc(N4C(=O)N(C)NC4OC(F)F)cn3)c2C)c1. The maximum atomic E-state index is 12.8. The maximum absolute atomic E-state index is 12.8. The number of anilines is 3. The molecule has 2 aromatic heterocycles. The highest BCUT2D eigenvalue weighted by molar-refractivity contribution is 5.95. The molecule has 12 nitrogen and oxygen atoms in total. The number of rotatable bonds is 11. The molecule has 0 spiro atoms. The van der Waals surface area contributed by atoms with Crippen molar-refractivity contribution in [3.8, 4) is 11.3 Å². The van der Waals surface area contributed by atoms with Crippen LogP contribution in [-0.2, 0) is 9.53 Å². The van der Waals surface area contributed by atoms with Crippen molar-refractivity contribution in [1.29, 1.82) is 0 Å². The molecule has 1 unspecified atom stereocenters. The average molecular weight is 569 g/mol. The highest BCUT2D eigenvalue weighted by atomic mass is 19.3. The van der Waals surface area contributed by atoms with E-state index in [-0.39, 0.29) is 11.6 Å². The Labute approximate surface area is 235 Å². The first kappa shape index (κ1) is 29.3. The van der Waals surface area contributed by atoms with Crippen molar-refractivity contribution in [1.82, 2.24) is 25.7 Å². The number of nitrogens with zero attached hydrogens (tertiary/aromatic N) is 6. The molecule has 1 aliphatic heterocycles. The Morgan fingerprint density at radius 3 is 2.66 bits per heavy atom. The molecular formula is C27H30F2N8O4. The summed E-state index contributed by atoms with van der Waals surface area (Å²) in [6.07, 6.45) is 2.39. The summed E-state index contributed by atoms with van der Waals surface area (Å²) in [5.74, 6) is 0.426. The van der Waals surface area contributed by atoms with E-state index in [9.17, 15) is 23.2 Å². The number of pyridine rings is 2. The van der Waals surface area contributed by atoms with Crippen LogP contribution in [-0.4, -0.2) is 80.5 Å². The molecular weight excluding hydrogens is 538 g/mol. The number of benzene rings is 1. The van der Waals surface area contributed by atoms with Crippen LogP contribution in [0.1, 0.15) is 15.9 Å². The van der Waals surface area contributed by atoms with E-state index in [0.29, 0.717) is 42.3 Å². The van der Waals surface area contributed by atoms with Gasteiger partial charge in [0, 0.05) is 62.8 Å². The number of alkyl halides is 2.